The zero-order valence-corrected chi connectivity index (χ0v) is 20.8. The van der Waals surface area contributed by atoms with Crippen molar-refractivity contribution in [3.8, 4) is 11.1 Å². The standard InChI is InChI=1S/C30H30N2O3S/c31-18-22-4-3-5-26(16-22)23-11-13-25(14-12-23)30-34-27(20-36-29-6-1-2-15-32-29)17-28(35-30)24-9-7-21(19-33)8-10-24/h1-16,27-28,30,33H,17-20,31H2. The number of hydrogen-bond acceptors (Lipinski definition) is 6. The van der Waals surface area contributed by atoms with E-state index in [2.05, 4.69) is 41.4 Å². The number of aliphatic hydroxyl groups excluding tert-OH is 1. The van der Waals surface area contributed by atoms with Gasteiger partial charge in [-0.15, -0.1) is 11.8 Å². The second-order valence-corrected chi connectivity index (χ2v) is 9.90. The smallest absolute Gasteiger partial charge is 0.184 e. The monoisotopic (exact) mass is 498 g/mol. The van der Waals surface area contributed by atoms with Crippen molar-refractivity contribution in [2.24, 2.45) is 5.73 Å². The fourth-order valence-corrected chi connectivity index (χ4v) is 5.23. The SMILES string of the molecule is NCc1cccc(-c2ccc(C3OC(CSc4ccccn4)CC(c4ccc(CO)cc4)O3)cc2)c1. The lowest BCUT2D eigenvalue weighted by molar-refractivity contribution is -0.245. The Morgan fingerprint density at radius 2 is 1.64 bits per heavy atom. The molecule has 5 rings (SSSR count). The van der Waals surface area contributed by atoms with E-state index in [0.29, 0.717) is 6.54 Å². The van der Waals surface area contributed by atoms with Gasteiger partial charge in [0.1, 0.15) is 0 Å². The van der Waals surface area contributed by atoms with Crippen LogP contribution >= 0.6 is 11.8 Å². The summed E-state index contributed by atoms with van der Waals surface area (Å²) in [4.78, 5) is 4.43. The van der Waals surface area contributed by atoms with Gasteiger partial charge in [0.2, 0.25) is 0 Å². The lowest BCUT2D eigenvalue weighted by atomic mass is 9.99. The van der Waals surface area contributed by atoms with E-state index in [4.69, 9.17) is 15.2 Å². The lowest BCUT2D eigenvalue weighted by Gasteiger charge is -2.36. The Kier molecular flexibility index (Phi) is 8.11. The van der Waals surface area contributed by atoms with Gasteiger partial charge in [-0.1, -0.05) is 72.8 Å². The van der Waals surface area contributed by atoms with Crippen LogP contribution in [0.25, 0.3) is 11.1 Å². The maximum Gasteiger partial charge on any atom is 0.184 e. The molecule has 3 unspecified atom stereocenters. The minimum atomic E-state index is -0.472. The van der Waals surface area contributed by atoms with Crippen LogP contribution < -0.4 is 5.73 Å². The summed E-state index contributed by atoms with van der Waals surface area (Å²) >= 11 is 1.70. The zero-order valence-electron chi connectivity index (χ0n) is 20.0. The highest BCUT2D eigenvalue weighted by Crippen LogP contribution is 2.39. The molecule has 0 saturated carbocycles. The summed E-state index contributed by atoms with van der Waals surface area (Å²) in [6.45, 7) is 0.551. The molecule has 0 amide bonds. The molecule has 1 aliphatic heterocycles. The average molecular weight is 499 g/mol. The number of aliphatic hydroxyl groups is 1. The van der Waals surface area contributed by atoms with Crippen molar-refractivity contribution in [3.63, 3.8) is 0 Å². The normalized spacial score (nSPS) is 19.8. The molecule has 3 N–H and O–H groups in total. The molecule has 1 saturated heterocycles. The quantitative estimate of drug-likeness (QED) is 0.289. The van der Waals surface area contributed by atoms with Gasteiger partial charge in [-0.2, -0.15) is 0 Å². The van der Waals surface area contributed by atoms with Crippen molar-refractivity contribution < 1.29 is 14.6 Å². The molecule has 0 bridgehead atoms. The van der Waals surface area contributed by atoms with Crippen molar-refractivity contribution in [3.05, 3.63) is 119 Å². The molecule has 0 aliphatic carbocycles. The van der Waals surface area contributed by atoms with Crippen molar-refractivity contribution >= 4 is 11.8 Å². The summed E-state index contributed by atoms with van der Waals surface area (Å²) in [7, 11) is 0. The van der Waals surface area contributed by atoms with Crippen LogP contribution in [0, 0.1) is 0 Å². The molecular formula is C30H30N2O3S. The zero-order chi connectivity index (χ0) is 24.7. The van der Waals surface area contributed by atoms with E-state index < -0.39 is 6.29 Å². The molecule has 184 valence electrons. The van der Waals surface area contributed by atoms with Crippen molar-refractivity contribution in [2.75, 3.05) is 5.75 Å². The molecule has 36 heavy (non-hydrogen) atoms. The molecule has 3 aromatic carbocycles. The van der Waals surface area contributed by atoms with E-state index in [1.165, 1.54) is 0 Å². The predicted molar refractivity (Wildman–Crippen MR) is 143 cm³/mol. The number of hydrogen-bond donors (Lipinski definition) is 2. The fraction of sp³-hybridized carbons (Fsp3) is 0.233. The third kappa shape index (κ3) is 6.03. The molecule has 0 radical (unpaired) electrons. The summed E-state index contributed by atoms with van der Waals surface area (Å²) in [5.74, 6) is 0.784. The van der Waals surface area contributed by atoms with Crippen LogP contribution in [0.1, 0.15) is 41.1 Å². The van der Waals surface area contributed by atoms with E-state index in [1.54, 1.807) is 11.8 Å². The lowest BCUT2D eigenvalue weighted by Crippen LogP contribution is -2.31. The first-order valence-corrected chi connectivity index (χ1v) is 13.1. The summed E-state index contributed by atoms with van der Waals surface area (Å²) in [6, 6.07) is 30.6. The Morgan fingerprint density at radius 3 is 2.36 bits per heavy atom. The fourth-order valence-electron chi connectivity index (χ4n) is 4.34. The molecule has 1 fully saturated rings. The van der Waals surface area contributed by atoms with Gasteiger partial charge < -0.3 is 20.3 Å². The van der Waals surface area contributed by atoms with Gasteiger partial charge in [-0.05, 0) is 46.0 Å². The average Bonchev–Trinajstić information content (AvgIpc) is 2.96. The Hall–Kier alpha value is -3.00. The molecule has 3 atom stereocenters. The van der Waals surface area contributed by atoms with Crippen LogP contribution in [-0.2, 0) is 22.6 Å². The molecule has 6 heteroatoms. The number of pyridine rings is 1. The highest BCUT2D eigenvalue weighted by atomic mass is 32.2. The number of thioether (sulfide) groups is 1. The van der Waals surface area contributed by atoms with Gasteiger partial charge in [0.25, 0.3) is 0 Å². The number of nitrogens with two attached hydrogens (primary N) is 1. The summed E-state index contributed by atoms with van der Waals surface area (Å²) in [5, 5.41) is 10.4. The van der Waals surface area contributed by atoms with Crippen LogP contribution in [-0.4, -0.2) is 21.9 Å². The van der Waals surface area contributed by atoms with Gasteiger partial charge in [-0.25, -0.2) is 4.98 Å². The molecule has 2 heterocycles. The second kappa shape index (κ2) is 11.8. The molecule has 4 aromatic rings. The highest BCUT2D eigenvalue weighted by molar-refractivity contribution is 7.99. The van der Waals surface area contributed by atoms with Crippen LogP contribution in [0.15, 0.2) is 102 Å². The first-order valence-electron chi connectivity index (χ1n) is 12.2. The van der Waals surface area contributed by atoms with Gasteiger partial charge >= 0.3 is 0 Å². The van der Waals surface area contributed by atoms with E-state index in [9.17, 15) is 5.11 Å². The van der Waals surface area contributed by atoms with Gasteiger partial charge in [0.05, 0.1) is 23.8 Å². The van der Waals surface area contributed by atoms with Gasteiger partial charge in [-0.3, -0.25) is 0 Å². The Morgan fingerprint density at radius 1 is 0.833 bits per heavy atom. The highest BCUT2D eigenvalue weighted by Gasteiger charge is 2.32. The maximum atomic E-state index is 9.42. The summed E-state index contributed by atoms with van der Waals surface area (Å²) in [5.41, 5.74) is 12.2. The van der Waals surface area contributed by atoms with Crippen molar-refractivity contribution in [1.82, 2.24) is 4.98 Å². The number of ether oxygens (including phenoxy) is 2. The van der Waals surface area contributed by atoms with Crippen LogP contribution in [0.3, 0.4) is 0 Å². The second-order valence-electron chi connectivity index (χ2n) is 8.86. The summed E-state index contributed by atoms with van der Waals surface area (Å²) in [6.07, 6.45) is 1.98. The Balaban J connectivity index is 1.36. The minimum absolute atomic E-state index is 0.000753. The van der Waals surface area contributed by atoms with Gasteiger partial charge in [0, 0.05) is 30.5 Å². The maximum absolute atomic E-state index is 9.42. The van der Waals surface area contributed by atoms with Gasteiger partial charge in [0.15, 0.2) is 6.29 Å². The van der Waals surface area contributed by atoms with E-state index in [-0.39, 0.29) is 18.8 Å². The third-order valence-corrected chi connectivity index (χ3v) is 7.42. The number of aromatic nitrogens is 1. The van der Waals surface area contributed by atoms with Crippen molar-refractivity contribution in [1.29, 1.82) is 0 Å². The summed E-state index contributed by atoms with van der Waals surface area (Å²) < 4.78 is 12.9. The first-order chi connectivity index (χ1) is 17.7. The topological polar surface area (TPSA) is 77.6 Å². The Labute approximate surface area is 216 Å². The largest absolute Gasteiger partial charge is 0.392 e. The van der Waals surface area contributed by atoms with Crippen LogP contribution in [0.2, 0.25) is 0 Å². The number of rotatable bonds is 8. The van der Waals surface area contributed by atoms with E-state index in [1.807, 2.05) is 60.8 Å². The molecule has 0 spiro atoms. The molecule has 1 aliphatic rings. The molecule has 5 nitrogen and oxygen atoms in total. The van der Waals surface area contributed by atoms with E-state index >= 15 is 0 Å². The number of benzene rings is 3. The van der Waals surface area contributed by atoms with Crippen molar-refractivity contribution in [2.45, 2.75) is 43.1 Å². The van der Waals surface area contributed by atoms with E-state index in [0.717, 1.165) is 50.6 Å². The molecular weight excluding hydrogens is 468 g/mol. The van der Waals surface area contributed by atoms with Crippen LogP contribution in [0.4, 0.5) is 0 Å². The predicted octanol–water partition coefficient (Wildman–Crippen LogP) is 6.04. The minimum Gasteiger partial charge on any atom is -0.392 e. The van der Waals surface area contributed by atoms with Crippen LogP contribution in [0.5, 0.6) is 0 Å². The Bertz CT molecular complexity index is 1250. The number of nitrogens with zero attached hydrogens (tertiary/aromatic N) is 1. The third-order valence-electron chi connectivity index (χ3n) is 6.35. The first kappa shape index (κ1) is 24.7. The molecule has 1 aromatic heterocycles.